The summed E-state index contributed by atoms with van der Waals surface area (Å²) in [6.07, 6.45) is -4.76. The van der Waals surface area contributed by atoms with Crippen LogP contribution in [0.1, 0.15) is 15.9 Å². The number of benzene rings is 2. The highest BCUT2D eigenvalue weighted by atomic mass is 35.5. The lowest BCUT2D eigenvalue weighted by Crippen LogP contribution is -2.40. The number of esters is 1. The predicted molar refractivity (Wildman–Crippen MR) is 111 cm³/mol. The van der Waals surface area contributed by atoms with Gasteiger partial charge < -0.3 is 14.8 Å². The lowest BCUT2D eigenvalue weighted by molar-refractivity contribution is -0.137. The summed E-state index contributed by atoms with van der Waals surface area (Å²) in [5.41, 5.74) is -1.84. The van der Waals surface area contributed by atoms with E-state index in [1.54, 1.807) is 0 Å². The van der Waals surface area contributed by atoms with Gasteiger partial charge in [0.05, 0.1) is 39.9 Å². The molecule has 1 fully saturated rings. The second-order valence-corrected chi connectivity index (χ2v) is 9.17. The van der Waals surface area contributed by atoms with Crippen LogP contribution in [-0.2, 0) is 30.5 Å². The Morgan fingerprint density at radius 2 is 1.73 bits per heavy atom. The number of carbonyl (C=O) groups is 2. The van der Waals surface area contributed by atoms with Gasteiger partial charge in [0.15, 0.2) is 6.61 Å². The topological polar surface area (TPSA) is 102 Å². The Balaban J connectivity index is 1.62. The van der Waals surface area contributed by atoms with Crippen molar-refractivity contribution < 1.29 is 40.7 Å². The van der Waals surface area contributed by atoms with Gasteiger partial charge in [-0.05, 0) is 36.4 Å². The molecule has 0 atom stereocenters. The number of halogens is 4. The Hall–Kier alpha value is -2.67. The molecule has 1 aliphatic rings. The fourth-order valence-corrected chi connectivity index (χ4v) is 4.61. The Morgan fingerprint density at radius 1 is 1.09 bits per heavy atom. The number of sulfonamides is 1. The van der Waals surface area contributed by atoms with Gasteiger partial charge in [-0.2, -0.15) is 17.5 Å². The van der Waals surface area contributed by atoms with Crippen molar-refractivity contribution in [2.75, 3.05) is 38.2 Å². The summed E-state index contributed by atoms with van der Waals surface area (Å²) in [5.74, 6) is -2.00. The second kappa shape index (κ2) is 10.1. The maximum Gasteiger partial charge on any atom is 0.418 e. The number of hydrogen-bond acceptors (Lipinski definition) is 6. The number of morpholine rings is 1. The van der Waals surface area contributed by atoms with Crippen molar-refractivity contribution in [2.24, 2.45) is 0 Å². The highest BCUT2D eigenvalue weighted by molar-refractivity contribution is 7.89. The van der Waals surface area contributed by atoms with E-state index >= 15 is 0 Å². The van der Waals surface area contributed by atoms with Crippen LogP contribution in [0.5, 0.6) is 0 Å². The van der Waals surface area contributed by atoms with Gasteiger partial charge in [-0.3, -0.25) is 4.79 Å². The van der Waals surface area contributed by atoms with Crippen LogP contribution in [-0.4, -0.2) is 57.5 Å². The Morgan fingerprint density at radius 3 is 2.33 bits per heavy atom. The summed E-state index contributed by atoms with van der Waals surface area (Å²) in [6, 6.07) is 7.88. The van der Waals surface area contributed by atoms with Crippen molar-refractivity contribution in [3.8, 4) is 0 Å². The zero-order valence-electron chi connectivity index (χ0n) is 16.9. The molecule has 178 valence electrons. The first-order valence-corrected chi connectivity index (χ1v) is 11.3. The average molecular weight is 507 g/mol. The third-order valence-corrected chi connectivity index (χ3v) is 6.84. The Kier molecular flexibility index (Phi) is 7.62. The van der Waals surface area contributed by atoms with Gasteiger partial charge in [-0.15, -0.1) is 0 Å². The summed E-state index contributed by atoms with van der Waals surface area (Å²) < 4.78 is 75.7. The average Bonchev–Trinajstić information content (AvgIpc) is 2.78. The van der Waals surface area contributed by atoms with Crippen molar-refractivity contribution in [1.82, 2.24) is 4.31 Å². The van der Waals surface area contributed by atoms with Crippen molar-refractivity contribution in [1.29, 1.82) is 0 Å². The number of carbonyl (C=O) groups excluding carboxylic acids is 2. The number of hydrogen-bond donors (Lipinski definition) is 1. The minimum atomic E-state index is -4.76. The zero-order valence-corrected chi connectivity index (χ0v) is 18.5. The summed E-state index contributed by atoms with van der Waals surface area (Å²) in [4.78, 5) is 24.2. The predicted octanol–water partition coefficient (Wildman–Crippen LogP) is 3.18. The van der Waals surface area contributed by atoms with Crippen LogP contribution in [0.2, 0.25) is 5.02 Å². The van der Waals surface area contributed by atoms with E-state index in [1.165, 1.54) is 34.6 Å². The highest BCUT2D eigenvalue weighted by Gasteiger charge is 2.35. The number of alkyl halides is 3. The number of ether oxygens (including phenoxy) is 2. The molecule has 1 N–H and O–H groups in total. The molecule has 0 unspecified atom stereocenters. The summed E-state index contributed by atoms with van der Waals surface area (Å²) in [5, 5.41) is 1.66. The van der Waals surface area contributed by atoms with Crippen molar-refractivity contribution in [2.45, 2.75) is 11.1 Å². The molecule has 1 saturated heterocycles. The van der Waals surface area contributed by atoms with E-state index in [0.717, 1.165) is 12.1 Å². The van der Waals surface area contributed by atoms with Crippen molar-refractivity contribution >= 4 is 39.2 Å². The van der Waals surface area contributed by atoms with Crippen LogP contribution < -0.4 is 5.32 Å². The van der Waals surface area contributed by atoms with Crippen LogP contribution >= 0.6 is 11.6 Å². The lowest BCUT2D eigenvalue weighted by Gasteiger charge is -2.26. The first kappa shape index (κ1) is 25.0. The van der Waals surface area contributed by atoms with Crippen LogP contribution in [0.3, 0.4) is 0 Å². The van der Waals surface area contributed by atoms with Crippen LogP contribution in [0.4, 0.5) is 18.9 Å². The molecule has 8 nitrogen and oxygen atoms in total. The van der Waals surface area contributed by atoms with E-state index < -0.39 is 45.9 Å². The number of nitrogens with zero attached hydrogens (tertiary/aromatic N) is 1. The fourth-order valence-electron chi connectivity index (χ4n) is 2.98. The molecule has 0 aromatic heterocycles. The molecule has 1 aliphatic heterocycles. The van der Waals surface area contributed by atoms with Gasteiger partial charge in [-0.1, -0.05) is 17.7 Å². The molecule has 2 aromatic rings. The number of rotatable bonds is 6. The monoisotopic (exact) mass is 506 g/mol. The zero-order chi connectivity index (χ0) is 24.2. The Bertz CT molecular complexity index is 1130. The van der Waals surface area contributed by atoms with E-state index in [2.05, 4.69) is 0 Å². The fraction of sp³-hybridized carbons (Fsp3) is 0.300. The number of amides is 1. The van der Waals surface area contributed by atoms with Crippen LogP contribution in [0, 0.1) is 0 Å². The van der Waals surface area contributed by atoms with Gasteiger partial charge >= 0.3 is 12.1 Å². The van der Waals surface area contributed by atoms with Crippen molar-refractivity contribution in [3.63, 3.8) is 0 Å². The molecule has 1 heterocycles. The molecule has 0 bridgehead atoms. The maximum atomic E-state index is 13.1. The molecule has 0 saturated carbocycles. The van der Waals surface area contributed by atoms with Gasteiger partial charge in [0.2, 0.25) is 10.0 Å². The number of para-hydroxylation sites is 1. The third-order valence-electron chi connectivity index (χ3n) is 4.62. The van der Waals surface area contributed by atoms with Crippen LogP contribution in [0.25, 0.3) is 0 Å². The van der Waals surface area contributed by atoms with Crippen LogP contribution in [0.15, 0.2) is 47.4 Å². The molecule has 1 amide bonds. The van der Waals surface area contributed by atoms with Gasteiger partial charge in [0, 0.05) is 13.1 Å². The number of anilines is 1. The van der Waals surface area contributed by atoms with E-state index in [-0.39, 0.29) is 41.8 Å². The molecule has 33 heavy (non-hydrogen) atoms. The maximum absolute atomic E-state index is 13.1. The Labute approximate surface area is 192 Å². The summed E-state index contributed by atoms with van der Waals surface area (Å²) in [6.45, 7) is 0.106. The largest absolute Gasteiger partial charge is 0.452 e. The number of nitrogens with one attached hydrogen (secondary N) is 1. The highest BCUT2D eigenvalue weighted by Crippen LogP contribution is 2.38. The molecule has 0 radical (unpaired) electrons. The standard InChI is InChI=1S/C20H18ClF3N2O6S/c21-16-3-1-2-15(20(22,23)24)18(16)25-17(27)12-32-19(28)13-4-6-14(7-5-13)33(29,30)26-8-10-31-11-9-26/h1-7H,8-12H2,(H,25,27). The van der Waals surface area contributed by atoms with Crippen molar-refractivity contribution in [3.05, 3.63) is 58.6 Å². The summed E-state index contributed by atoms with van der Waals surface area (Å²) in [7, 11) is -3.75. The lowest BCUT2D eigenvalue weighted by atomic mass is 10.1. The molecular formula is C20H18ClF3N2O6S. The first-order valence-electron chi connectivity index (χ1n) is 9.51. The van der Waals surface area contributed by atoms with Gasteiger partial charge in [0.25, 0.3) is 5.91 Å². The molecular weight excluding hydrogens is 489 g/mol. The SMILES string of the molecule is O=C(COC(=O)c1ccc(S(=O)(=O)N2CCOCC2)cc1)Nc1c(Cl)cccc1C(F)(F)F. The van der Waals surface area contributed by atoms with Gasteiger partial charge in [0.1, 0.15) is 0 Å². The second-order valence-electron chi connectivity index (χ2n) is 6.83. The summed E-state index contributed by atoms with van der Waals surface area (Å²) >= 11 is 5.76. The quantitative estimate of drug-likeness (QED) is 0.604. The van der Waals surface area contributed by atoms with E-state index in [9.17, 15) is 31.2 Å². The normalized spacial score (nSPS) is 15.2. The van der Waals surface area contributed by atoms with Gasteiger partial charge in [-0.25, -0.2) is 13.2 Å². The van der Waals surface area contributed by atoms with E-state index in [1.807, 2.05) is 5.32 Å². The molecule has 0 spiro atoms. The van der Waals surface area contributed by atoms with E-state index in [0.29, 0.717) is 0 Å². The first-order chi connectivity index (χ1) is 15.5. The minimum Gasteiger partial charge on any atom is -0.452 e. The third kappa shape index (κ3) is 6.02. The molecule has 0 aliphatic carbocycles. The van der Waals surface area contributed by atoms with E-state index in [4.69, 9.17) is 21.1 Å². The molecule has 2 aromatic carbocycles. The minimum absolute atomic E-state index is 0.0305. The molecule has 3 rings (SSSR count). The smallest absolute Gasteiger partial charge is 0.418 e. The molecule has 13 heteroatoms.